The third kappa shape index (κ3) is 6.87. The van der Waals surface area contributed by atoms with Crippen molar-refractivity contribution in [3.8, 4) is 12.3 Å². The summed E-state index contributed by atoms with van der Waals surface area (Å²) in [5.41, 5.74) is 0. The molecule has 0 unspecified atom stereocenters. The summed E-state index contributed by atoms with van der Waals surface area (Å²) in [5, 5.41) is 0. The van der Waals surface area contributed by atoms with Crippen LogP contribution in [0.25, 0.3) is 0 Å². The minimum atomic E-state index is -4.41. The molecule has 0 aromatic rings. The quantitative estimate of drug-likeness (QED) is 0.457. The second kappa shape index (κ2) is 3.98. The second-order valence-corrected chi connectivity index (χ2v) is 1.68. The first-order valence-electron chi connectivity index (χ1n) is 2.59. The molecule has 0 aliphatic rings. The summed E-state index contributed by atoms with van der Waals surface area (Å²) in [4.78, 5) is 10.2. The largest absolute Gasteiger partial charge is 0.411 e. The van der Waals surface area contributed by atoms with E-state index in [1.807, 2.05) is 0 Å². The van der Waals surface area contributed by atoms with Gasteiger partial charge in [0, 0.05) is 0 Å². The first kappa shape index (κ1) is 9.98. The lowest BCUT2D eigenvalue weighted by Crippen LogP contribution is -2.19. The van der Waals surface area contributed by atoms with Gasteiger partial charge in [-0.05, 0) is 5.92 Å². The highest BCUT2D eigenvalue weighted by Gasteiger charge is 2.27. The molecule has 0 N–H and O–H groups in total. The fraction of sp³-hybridized carbons (Fsp3) is 0.500. The van der Waals surface area contributed by atoms with E-state index in [1.165, 1.54) is 0 Å². The van der Waals surface area contributed by atoms with Crippen LogP contribution in [0.2, 0.25) is 0 Å². The van der Waals surface area contributed by atoms with E-state index in [0.717, 1.165) is 0 Å². The van der Waals surface area contributed by atoms with Crippen molar-refractivity contribution in [1.29, 1.82) is 0 Å². The van der Waals surface area contributed by atoms with E-state index in [0.29, 0.717) is 0 Å². The van der Waals surface area contributed by atoms with Crippen molar-refractivity contribution in [2.45, 2.75) is 6.18 Å². The zero-order valence-electron chi connectivity index (χ0n) is 5.44. The van der Waals surface area contributed by atoms with Crippen molar-refractivity contribution < 1.29 is 22.7 Å². The van der Waals surface area contributed by atoms with Gasteiger partial charge in [-0.15, -0.1) is 6.42 Å². The molecule has 0 aliphatic heterocycles. The lowest BCUT2D eigenvalue weighted by Gasteiger charge is -2.04. The maximum Gasteiger partial charge on any atom is 0.411 e. The molecular weight excluding hydrogens is 161 g/mol. The number of hydrogen-bond acceptors (Lipinski definition) is 2. The van der Waals surface area contributed by atoms with Crippen molar-refractivity contribution in [2.75, 3.05) is 13.2 Å². The molecule has 0 amide bonds. The Morgan fingerprint density at radius 3 is 2.45 bits per heavy atom. The molecular formula is C6H5F3O2. The number of terminal acetylenes is 1. The first-order valence-corrected chi connectivity index (χ1v) is 2.59. The molecule has 0 heterocycles. The van der Waals surface area contributed by atoms with Crippen molar-refractivity contribution in [3.63, 3.8) is 0 Å². The lowest BCUT2D eigenvalue weighted by molar-refractivity contribution is -0.174. The highest BCUT2D eigenvalue weighted by atomic mass is 19.4. The van der Waals surface area contributed by atoms with Crippen molar-refractivity contribution in [1.82, 2.24) is 0 Å². The standard InChI is InChI=1S/C6H5F3O2/c1-2-5(10)3-11-4-6(7,8)9/h1H,3-4H2. The predicted molar refractivity (Wildman–Crippen MR) is 30.7 cm³/mol. The summed E-state index contributed by atoms with van der Waals surface area (Å²) in [6, 6.07) is 0. The van der Waals surface area contributed by atoms with Crippen LogP contribution in [0.5, 0.6) is 0 Å². The summed E-state index contributed by atoms with van der Waals surface area (Å²) in [5.74, 6) is 0.823. The molecule has 0 aromatic heterocycles. The van der Waals surface area contributed by atoms with E-state index in [1.54, 1.807) is 5.92 Å². The van der Waals surface area contributed by atoms with Crippen LogP contribution in [-0.2, 0) is 9.53 Å². The van der Waals surface area contributed by atoms with Gasteiger partial charge < -0.3 is 4.74 Å². The SMILES string of the molecule is C#CC(=O)COCC(F)(F)F. The molecule has 0 aliphatic carbocycles. The fourth-order valence-corrected chi connectivity index (χ4v) is 0.301. The summed E-state index contributed by atoms with van der Waals surface area (Å²) in [6.45, 7) is -2.13. The molecule has 0 atom stereocenters. The Balaban J connectivity index is 3.45. The van der Waals surface area contributed by atoms with E-state index in [9.17, 15) is 18.0 Å². The van der Waals surface area contributed by atoms with Gasteiger partial charge in [0.25, 0.3) is 0 Å². The number of carbonyl (C=O) groups is 1. The van der Waals surface area contributed by atoms with E-state index in [2.05, 4.69) is 11.2 Å². The van der Waals surface area contributed by atoms with Crippen LogP contribution >= 0.6 is 0 Å². The Morgan fingerprint density at radius 2 is 2.09 bits per heavy atom. The zero-order chi connectivity index (χ0) is 8.91. The summed E-state index contributed by atoms with van der Waals surface area (Å²) < 4.78 is 37.9. The molecule has 0 saturated heterocycles. The number of ether oxygens (including phenoxy) is 1. The van der Waals surface area contributed by atoms with Gasteiger partial charge in [-0.2, -0.15) is 13.2 Å². The van der Waals surface area contributed by atoms with Crippen LogP contribution < -0.4 is 0 Å². The van der Waals surface area contributed by atoms with E-state index in [4.69, 9.17) is 0 Å². The van der Waals surface area contributed by atoms with Gasteiger partial charge in [-0.3, -0.25) is 4.79 Å². The molecule has 11 heavy (non-hydrogen) atoms. The van der Waals surface area contributed by atoms with Gasteiger partial charge >= 0.3 is 6.18 Å². The molecule has 0 spiro atoms. The Morgan fingerprint density at radius 1 is 1.55 bits per heavy atom. The molecule has 0 fully saturated rings. The van der Waals surface area contributed by atoms with Crippen molar-refractivity contribution in [2.24, 2.45) is 0 Å². The Bertz CT molecular complexity index is 177. The van der Waals surface area contributed by atoms with Gasteiger partial charge in [-0.1, -0.05) is 0 Å². The molecule has 0 aromatic carbocycles. The molecule has 0 rings (SSSR count). The minimum Gasteiger partial charge on any atom is -0.363 e. The fourth-order valence-electron chi connectivity index (χ4n) is 0.301. The van der Waals surface area contributed by atoms with Gasteiger partial charge in [0.15, 0.2) is 0 Å². The van der Waals surface area contributed by atoms with Crippen molar-refractivity contribution in [3.05, 3.63) is 0 Å². The number of carbonyl (C=O) groups excluding carboxylic acids is 1. The lowest BCUT2D eigenvalue weighted by atomic mass is 10.4. The highest BCUT2D eigenvalue weighted by molar-refractivity contribution is 5.95. The number of ketones is 1. The smallest absolute Gasteiger partial charge is 0.363 e. The zero-order valence-corrected chi connectivity index (χ0v) is 5.44. The van der Waals surface area contributed by atoms with Gasteiger partial charge in [0.05, 0.1) is 0 Å². The van der Waals surface area contributed by atoms with Crippen LogP contribution in [0.1, 0.15) is 0 Å². The molecule has 2 nitrogen and oxygen atoms in total. The number of halogens is 3. The maximum absolute atomic E-state index is 11.3. The normalized spacial score (nSPS) is 10.7. The van der Waals surface area contributed by atoms with Crippen LogP contribution in [0.3, 0.4) is 0 Å². The third-order valence-corrected chi connectivity index (χ3v) is 0.660. The van der Waals surface area contributed by atoms with Crippen LogP contribution in [0, 0.1) is 12.3 Å². The van der Waals surface area contributed by atoms with Crippen LogP contribution in [0.4, 0.5) is 13.2 Å². The average Bonchev–Trinajstić information content (AvgIpc) is 1.85. The molecule has 0 bridgehead atoms. The summed E-state index contributed by atoms with van der Waals surface area (Å²) in [7, 11) is 0. The number of alkyl halides is 3. The van der Waals surface area contributed by atoms with Crippen molar-refractivity contribution >= 4 is 5.78 Å². The minimum absolute atomic E-state index is 0.685. The number of hydrogen-bond donors (Lipinski definition) is 0. The Hall–Kier alpha value is -1.02. The number of Topliss-reactive ketones (excluding diaryl/α,β-unsaturated/α-hetero) is 1. The molecule has 62 valence electrons. The third-order valence-electron chi connectivity index (χ3n) is 0.660. The first-order chi connectivity index (χ1) is 4.95. The van der Waals surface area contributed by atoms with Gasteiger partial charge in [0.2, 0.25) is 5.78 Å². The predicted octanol–water partition coefficient (Wildman–Crippen LogP) is 0.768. The summed E-state index contributed by atoms with van der Waals surface area (Å²) >= 11 is 0. The summed E-state index contributed by atoms with van der Waals surface area (Å²) in [6.07, 6.45) is 0.153. The number of rotatable bonds is 3. The van der Waals surface area contributed by atoms with E-state index >= 15 is 0 Å². The van der Waals surface area contributed by atoms with Gasteiger partial charge in [-0.25, -0.2) is 0 Å². The maximum atomic E-state index is 11.3. The Labute approximate surface area is 61.3 Å². The van der Waals surface area contributed by atoms with Crippen LogP contribution in [0.15, 0.2) is 0 Å². The van der Waals surface area contributed by atoms with Gasteiger partial charge in [0.1, 0.15) is 13.2 Å². The average molecular weight is 166 g/mol. The molecule has 5 heteroatoms. The highest BCUT2D eigenvalue weighted by Crippen LogP contribution is 2.13. The topological polar surface area (TPSA) is 26.3 Å². The molecule has 0 saturated carbocycles. The van der Waals surface area contributed by atoms with Crippen LogP contribution in [-0.4, -0.2) is 25.2 Å². The van der Waals surface area contributed by atoms with E-state index in [-0.39, 0.29) is 0 Å². The molecule has 0 radical (unpaired) electrons. The monoisotopic (exact) mass is 166 g/mol. The second-order valence-electron chi connectivity index (χ2n) is 1.68. The Kier molecular flexibility index (Phi) is 3.61. The van der Waals surface area contributed by atoms with E-state index < -0.39 is 25.2 Å².